The van der Waals surface area contributed by atoms with E-state index in [2.05, 4.69) is 6.58 Å². The Kier molecular flexibility index (Phi) is 7.59. The van der Waals surface area contributed by atoms with E-state index in [0.717, 1.165) is 24.1 Å². The van der Waals surface area contributed by atoms with E-state index < -0.39 is 16.1 Å². The van der Waals surface area contributed by atoms with Gasteiger partial charge in [-0.05, 0) is 49.9 Å². The number of hydrogen-bond donors (Lipinski definition) is 0. The van der Waals surface area contributed by atoms with Crippen LogP contribution in [-0.4, -0.2) is 51.0 Å². The first-order valence-electron chi connectivity index (χ1n) is 9.53. The van der Waals surface area contributed by atoms with Gasteiger partial charge in [0.1, 0.15) is 6.10 Å². The van der Waals surface area contributed by atoms with Crippen molar-refractivity contribution in [2.45, 2.75) is 51.0 Å². The third-order valence-corrected chi connectivity index (χ3v) is 6.86. The molecule has 0 N–H and O–H groups in total. The third kappa shape index (κ3) is 4.78. The highest BCUT2D eigenvalue weighted by atomic mass is 32.2. The Morgan fingerprint density at radius 2 is 2.07 bits per heavy atom. The van der Waals surface area contributed by atoms with Gasteiger partial charge in [-0.25, -0.2) is 8.42 Å². The number of hydrogen-bond acceptors (Lipinski definition) is 4. The van der Waals surface area contributed by atoms with Crippen LogP contribution in [0.15, 0.2) is 35.7 Å². The number of carbonyl (C=O) groups excluding carboxylic acids is 1. The number of benzene rings is 1. The Labute approximate surface area is 162 Å². The molecule has 2 rings (SSSR count). The van der Waals surface area contributed by atoms with E-state index in [-0.39, 0.29) is 10.8 Å². The first-order chi connectivity index (χ1) is 12.9. The van der Waals surface area contributed by atoms with Crippen LogP contribution in [0.2, 0.25) is 0 Å². The topological polar surface area (TPSA) is 66.9 Å². The van der Waals surface area contributed by atoms with Crippen molar-refractivity contribution in [3.05, 3.63) is 36.4 Å². The first-order valence-corrected chi connectivity index (χ1v) is 11.0. The zero-order valence-electron chi connectivity index (χ0n) is 16.5. The Hall–Kier alpha value is -1.70. The zero-order valence-corrected chi connectivity index (χ0v) is 17.3. The minimum absolute atomic E-state index is 0.0978. The summed E-state index contributed by atoms with van der Waals surface area (Å²) in [6.07, 6.45) is 3.46. The van der Waals surface area contributed by atoms with Gasteiger partial charge in [0.25, 0.3) is 5.91 Å². The molecule has 0 saturated carbocycles. The fourth-order valence-electron chi connectivity index (χ4n) is 3.29. The monoisotopic (exact) mass is 394 g/mol. The van der Waals surface area contributed by atoms with Crippen LogP contribution in [0, 0.1) is 0 Å². The Morgan fingerprint density at radius 3 is 2.70 bits per heavy atom. The Morgan fingerprint density at radius 1 is 1.37 bits per heavy atom. The number of aryl methyl sites for hydroxylation is 1. The Balaban J connectivity index is 2.26. The number of nitrogens with zero attached hydrogens (tertiary/aromatic N) is 2. The van der Waals surface area contributed by atoms with Crippen LogP contribution in [0.4, 0.5) is 5.69 Å². The van der Waals surface area contributed by atoms with Gasteiger partial charge in [-0.1, -0.05) is 19.9 Å². The zero-order chi connectivity index (χ0) is 20.0. The lowest BCUT2D eigenvalue weighted by Gasteiger charge is -2.32. The van der Waals surface area contributed by atoms with Crippen LogP contribution in [0.1, 0.15) is 39.2 Å². The average molecular weight is 395 g/mol. The van der Waals surface area contributed by atoms with Crippen molar-refractivity contribution in [3.8, 4) is 0 Å². The van der Waals surface area contributed by atoms with E-state index in [1.807, 2.05) is 13.8 Å². The van der Waals surface area contributed by atoms with Gasteiger partial charge < -0.3 is 9.64 Å². The van der Waals surface area contributed by atoms with Gasteiger partial charge in [-0.2, -0.15) is 4.31 Å². The highest BCUT2D eigenvalue weighted by Crippen LogP contribution is 2.31. The number of anilines is 1. The predicted octanol–water partition coefficient (Wildman–Crippen LogP) is 2.98. The summed E-state index contributed by atoms with van der Waals surface area (Å²) >= 11 is 0. The van der Waals surface area contributed by atoms with Crippen LogP contribution in [0.3, 0.4) is 0 Å². The molecule has 1 aliphatic heterocycles. The quantitative estimate of drug-likeness (QED) is 0.477. The van der Waals surface area contributed by atoms with Crippen molar-refractivity contribution < 1.29 is 17.9 Å². The molecule has 0 spiro atoms. The molecule has 0 radical (unpaired) electrons. The van der Waals surface area contributed by atoms with Gasteiger partial charge in [-0.3, -0.25) is 4.79 Å². The van der Waals surface area contributed by atoms with Crippen molar-refractivity contribution >= 4 is 21.6 Å². The molecule has 0 aliphatic carbocycles. The molecule has 1 aliphatic rings. The predicted molar refractivity (Wildman–Crippen MR) is 107 cm³/mol. The first kappa shape index (κ1) is 21.6. The van der Waals surface area contributed by atoms with Gasteiger partial charge in [0.2, 0.25) is 10.0 Å². The summed E-state index contributed by atoms with van der Waals surface area (Å²) in [5.74, 6) is -0.0978. The van der Waals surface area contributed by atoms with Crippen LogP contribution in [0.25, 0.3) is 0 Å². The van der Waals surface area contributed by atoms with Crippen LogP contribution < -0.4 is 4.90 Å². The maximum atomic E-state index is 12.8. The van der Waals surface area contributed by atoms with Gasteiger partial charge in [0, 0.05) is 25.3 Å². The number of ether oxygens (including phenoxy) is 1. The summed E-state index contributed by atoms with van der Waals surface area (Å²) in [5, 5.41) is 0. The van der Waals surface area contributed by atoms with Crippen LogP contribution in [-0.2, 0) is 26.0 Å². The fraction of sp³-hybridized carbons (Fsp3) is 0.550. The molecule has 0 fully saturated rings. The summed E-state index contributed by atoms with van der Waals surface area (Å²) in [7, 11) is -3.51. The molecule has 1 aromatic rings. The molecular weight excluding hydrogens is 364 g/mol. The summed E-state index contributed by atoms with van der Waals surface area (Å²) in [6, 6.07) is 5.06. The van der Waals surface area contributed by atoms with E-state index in [1.165, 1.54) is 4.31 Å². The molecular formula is C20H30N2O4S. The molecule has 1 heterocycles. The summed E-state index contributed by atoms with van der Waals surface area (Å²) < 4.78 is 32.6. The summed E-state index contributed by atoms with van der Waals surface area (Å²) in [4.78, 5) is 14.8. The maximum Gasteiger partial charge on any atom is 0.255 e. The molecule has 27 heavy (non-hydrogen) atoms. The molecule has 1 unspecified atom stereocenters. The minimum Gasteiger partial charge on any atom is -0.368 e. The van der Waals surface area contributed by atoms with Crippen molar-refractivity contribution in [3.63, 3.8) is 0 Å². The van der Waals surface area contributed by atoms with E-state index in [0.29, 0.717) is 32.7 Å². The highest BCUT2D eigenvalue weighted by molar-refractivity contribution is 7.89. The van der Waals surface area contributed by atoms with Gasteiger partial charge in [-0.15, -0.1) is 6.58 Å². The van der Waals surface area contributed by atoms with Crippen molar-refractivity contribution in [2.24, 2.45) is 0 Å². The molecule has 1 aromatic carbocycles. The number of rotatable bonds is 9. The van der Waals surface area contributed by atoms with Gasteiger partial charge in [0.05, 0.1) is 11.5 Å². The summed E-state index contributed by atoms with van der Waals surface area (Å²) in [6.45, 7) is 11.0. The lowest BCUT2D eigenvalue weighted by molar-refractivity contribution is -0.129. The van der Waals surface area contributed by atoms with E-state index in [4.69, 9.17) is 4.74 Å². The second-order valence-electron chi connectivity index (χ2n) is 6.56. The Bertz CT molecular complexity index is 772. The largest absolute Gasteiger partial charge is 0.368 e. The molecule has 0 saturated heterocycles. The molecule has 6 nitrogen and oxygen atoms in total. The lowest BCUT2D eigenvalue weighted by Crippen LogP contribution is -2.42. The smallest absolute Gasteiger partial charge is 0.255 e. The van der Waals surface area contributed by atoms with Crippen LogP contribution in [0.5, 0.6) is 0 Å². The van der Waals surface area contributed by atoms with Gasteiger partial charge >= 0.3 is 0 Å². The van der Waals surface area contributed by atoms with Crippen LogP contribution >= 0.6 is 0 Å². The number of carbonyl (C=O) groups is 1. The average Bonchev–Trinajstić information content (AvgIpc) is 2.67. The third-order valence-electron chi connectivity index (χ3n) is 4.82. The van der Waals surface area contributed by atoms with Crippen molar-refractivity contribution in [1.29, 1.82) is 0 Å². The van der Waals surface area contributed by atoms with Crippen molar-refractivity contribution in [1.82, 2.24) is 4.31 Å². The molecule has 1 atom stereocenters. The van der Waals surface area contributed by atoms with E-state index in [1.54, 1.807) is 36.1 Å². The molecule has 0 bridgehead atoms. The highest BCUT2D eigenvalue weighted by Gasteiger charge is 2.29. The van der Waals surface area contributed by atoms with Crippen molar-refractivity contribution in [2.75, 3.05) is 31.1 Å². The molecule has 1 amide bonds. The lowest BCUT2D eigenvalue weighted by atomic mass is 10.0. The van der Waals surface area contributed by atoms with E-state index >= 15 is 0 Å². The van der Waals surface area contributed by atoms with E-state index in [9.17, 15) is 13.2 Å². The number of fused-ring (bicyclic) bond motifs is 1. The second kappa shape index (κ2) is 9.48. The second-order valence-corrected chi connectivity index (χ2v) is 8.50. The molecule has 0 aromatic heterocycles. The van der Waals surface area contributed by atoms with Gasteiger partial charge in [0.15, 0.2) is 0 Å². The number of sulfonamides is 1. The standard InChI is InChI=1S/C20H30N2O4S/c1-5-8-14-26-16(4)20(23)22-13-9-10-17-15-18(11-12-19(17)22)27(24,25)21(6-2)7-3/h5,11-12,15-16H,1,6-10,13-14H2,2-4H3. The SMILES string of the molecule is C=CCCOC(C)C(=O)N1CCCc2cc(S(=O)(=O)N(CC)CC)ccc21. The molecule has 7 heteroatoms. The molecule has 150 valence electrons. The minimum atomic E-state index is -3.51. The number of amides is 1. The fourth-order valence-corrected chi connectivity index (χ4v) is 4.80. The summed E-state index contributed by atoms with van der Waals surface area (Å²) in [5.41, 5.74) is 1.67. The normalized spacial score (nSPS) is 15.5. The maximum absolute atomic E-state index is 12.8.